The van der Waals surface area contributed by atoms with Crippen molar-refractivity contribution in [2.24, 2.45) is 5.41 Å². The molecule has 0 aliphatic rings. The van der Waals surface area contributed by atoms with Crippen LogP contribution in [0.5, 0.6) is 0 Å². The summed E-state index contributed by atoms with van der Waals surface area (Å²) in [6, 6.07) is 0. The first-order valence-corrected chi connectivity index (χ1v) is 37.6. The van der Waals surface area contributed by atoms with Crippen LogP contribution in [-0.2, 0) is 0 Å². The van der Waals surface area contributed by atoms with Gasteiger partial charge in [0, 0.05) is 18.3 Å². The highest BCUT2D eigenvalue weighted by Crippen LogP contribution is 2.50. The summed E-state index contributed by atoms with van der Waals surface area (Å²) >= 11 is 0. The molecule has 0 fully saturated rings. The van der Waals surface area contributed by atoms with Crippen LogP contribution in [-0.4, -0.2) is 30.7 Å². The van der Waals surface area contributed by atoms with Crippen LogP contribution < -0.4 is 0 Å². The second kappa shape index (κ2) is 60.5. The van der Waals surface area contributed by atoms with Crippen LogP contribution in [0.3, 0.4) is 0 Å². The number of quaternary nitrogens is 1. The van der Waals surface area contributed by atoms with E-state index in [9.17, 15) is 0 Å². The topological polar surface area (TPSA) is 0 Å². The van der Waals surface area contributed by atoms with E-state index in [0.29, 0.717) is 11.0 Å². The van der Waals surface area contributed by atoms with Gasteiger partial charge in [0.15, 0.2) is 0 Å². The molecule has 0 unspecified atom stereocenters. The molecule has 0 aliphatic carbocycles. The third-order valence-corrected chi connectivity index (χ3v) is 20.0. The number of hydrogen-bond acceptors (Lipinski definition) is 0. The number of unbranched alkanes of at least 4 members (excludes halogenated alkanes) is 58. The molecule has 0 saturated heterocycles. The van der Waals surface area contributed by atoms with Crippen molar-refractivity contribution in [1.29, 1.82) is 0 Å². The Morgan fingerprint density at radius 3 is 0.506 bits per heavy atom. The molecule has 1 heteroatoms. The Hall–Kier alpha value is -0.0400. The fourth-order valence-electron chi connectivity index (χ4n) is 14.4. The zero-order valence-electron chi connectivity index (χ0n) is 56.1. The van der Waals surface area contributed by atoms with Crippen molar-refractivity contribution in [2.45, 2.75) is 464 Å². The maximum Gasteiger partial charge on any atom is 0.104 e. The lowest BCUT2D eigenvalue weighted by Gasteiger charge is -2.58. The second-order valence-electron chi connectivity index (χ2n) is 28.1. The first-order valence-electron chi connectivity index (χ1n) is 37.6. The summed E-state index contributed by atoms with van der Waals surface area (Å²) < 4.78 is 1.27. The Balaban J connectivity index is 5.46. The van der Waals surface area contributed by atoms with E-state index in [1.165, 1.54) is 428 Å². The Morgan fingerprint density at radius 2 is 0.325 bits per heavy atom. The van der Waals surface area contributed by atoms with Gasteiger partial charge in [0.25, 0.3) is 0 Å². The lowest BCUT2D eigenvalue weighted by atomic mass is 9.62. The smallest absolute Gasteiger partial charge is 0.104 e. The fourth-order valence-corrected chi connectivity index (χ4v) is 14.4. The molecule has 0 aromatic rings. The van der Waals surface area contributed by atoms with Gasteiger partial charge in [-0.1, -0.05) is 414 Å². The van der Waals surface area contributed by atoms with Crippen LogP contribution in [0.1, 0.15) is 459 Å². The highest BCUT2D eigenvalue weighted by molar-refractivity contribution is 4.96. The summed E-state index contributed by atoms with van der Waals surface area (Å²) in [5.74, 6) is 0. The molecule has 0 N–H and O–H groups in total. The van der Waals surface area contributed by atoms with Crippen molar-refractivity contribution in [3.05, 3.63) is 0 Å². The van der Waals surface area contributed by atoms with Gasteiger partial charge in [-0.3, -0.25) is 0 Å². The van der Waals surface area contributed by atoms with Gasteiger partial charge in [-0.15, -0.1) is 0 Å². The summed E-state index contributed by atoms with van der Waals surface area (Å²) in [5, 5.41) is 0. The van der Waals surface area contributed by atoms with Gasteiger partial charge >= 0.3 is 0 Å². The Morgan fingerprint density at radius 1 is 0.182 bits per heavy atom. The monoisotopic (exact) mass is 1080 g/mol. The van der Waals surface area contributed by atoms with Crippen molar-refractivity contribution in [3.8, 4) is 0 Å². The zero-order chi connectivity index (χ0) is 56.2. The molecule has 0 saturated carbocycles. The SMILES string of the molecule is CCCCCCCCCCCCCCCCCCC(CCCCCCCCCCCCCCCCCC)(C(C)(C)CCCCCCCCCCCCCCCC)[N+](C)(C)CCCCCCCCCCCCCCCCCC. The molecule has 0 atom stereocenters. The van der Waals surface area contributed by atoms with E-state index in [2.05, 4.69) is 55.6 Å². The predicted octanol–water partition coefficient (Wildman–Crippen LogP) is 28.3. The first kappa shape index (κ1) is 77.0. The fraction of sp³-hybridized carbons (Fsp3) is 1.00. The van der Waals surface area contributed by atoms with Crippen molar-refractivity contribution < 1.29 is 4.48 Å². The van der Waals surface area contributed by atoms with Gasteiger partial charge < -0.3 is 4.48 Å². The number of rotatable bonds is 68. The molecule has 0 aromatic carbocycles. The molecule has 0 bridgehead atoms. The molecule has 464 valence electrons. The molecule has 1 nitrogen and oxygen atoms in total. The van der Waals surface area contributed by atoms with E-state index >= 15 is 0 Å². The van der Waals surface area contributed by atoms with Gasteiger partial charge in [0.1, 0.15) is 5.54 Å². The molecular formula is C76H156N+. The maximum atomic E-state index is 2.79. The minimum Gasteiger partial charge on any atom is -0.323 e. The van der Waals surface area contributed by atoms with Gasteiger partial charge in [-0.05, 0) is 32.1 Å². The number of hydrogen-bond donors (Lipinski definition) is 0. The highest BCUT2D eigenvalue weighted by Gasteiger charge is 2.54. The van der Waals surface area contributed by atoms with Crippen LogP contribution in [0.2, 0.25) is 0 Å². The van der Waals surface area contributed by atoms with Crippen molar-refractivity contribution in [3.63, 3.8) is 0 Å². The minimum atomic E-state index is 0.369. The Kier molecular flexibility index (Phi) is 60.5. The predicted molar refractivity (Wildman–Crippen MR) is 356 cm³/mol. The lowest BCUT2D eigenvalue weighted by molar-refractivity contribution is -0.952. The normalized spacial score (nSPS) is 12.5. The van der Waals surface area contributed by atoms with Crippen molar-refractivity contribution in [2.75, 3.05) is 20.6 Å². The van der Waals surface area contributed by atoms with E-state index in [-0.39, 0.29) is 0 Å². The molecule has 0 heterocycles. The summed E-state index contributed by atoms with van der Waals surface area (Å²) in [5.41, 5.74) is 0.749. The molecule has 0 aliphatic heterocycles. The molecule has 0 rings (SSSR count). The zero-order valence-corrected chi connectivity index (χ0v) is 56.1. The minimum absolute atomic E-state index is 0.369. The van der Waals surface area contributed by atoms with Gasteiger partial charge in [-0.25, -0.2) is 0 Å². The third kappa shape index (κ3) is 49.1. The van der Waals surface area contributed by atoms with E-state index in [4.69, 9.17) is 0 Å². The summed E-state index contributed by atoms with van der Waals surface area (Å²) in [6.45, 7) is 16.3. The van der Waals surface area contributed by atoms with E-state index in [1.807, 2.05) is 0 Å². The van der Waals surface area contributed by atoms with E-state index in [1.54, 1.807) is 0 Å². The Labute approximate surface area is 492 Å². The van der Waals surface area contributed by atoms with Crippen LogP contribution in [0.15, 0.2) is 0 Å². The quantitative estimate of drug-likeness (QED) is 0.0421. The molecule has 0 radical (unpaired) electrons. The van der Waals surface area contributed by atoms with Crippen LogP contribution in [0.25, 0.3) is 0 Å². The Bertz CT molecular complexity index is 1040. The first-order chi connectivity index (χ1) is 37.7. The van der Waals surface area contributed by atoms with Gasteiger partial charge in [-0.2, -0.15) is 0 Å². The lowest BCUT2D eigenvalue weighted by Crippen LogP contribution is -2.66. The molecule has 77 heavy (non-hydrogen) atoms. The molecule has 0 aromatic heterocycles. The summed E-state index contributed by atoms with van der Waals surface area (Å²) in [4.78, 5) is 0. The molecule has 0 spiro atoms. The largest absolute Gasteiger partial charge is 0.323 e. The van der Waals surface area contributed by atoms with Gasteiger partial charge in [0.2, 0.25) is 0 Å². The highest BCUT2D eigenvalue weighted by atomic mass is 15.4. The van der Waals surface area contributed by atoms with Crippen molar-refractivity contribution in [1.82, 2.24) is 0 Å². The number of nitrogens with zero attached hydrogens (tertiary/aromatic N) is 1. The van der Waals surface area contributed by atoms with Crippen molar-refractivity contribution >= 4 is 0 Å². The molecule has 0 amide bonds. The summed E-state index contributed by atoms with van der Waals surface area (Å²) in [6.07, 6.45) is 95.2. The average molecular weight is 1080 g/mol. The maximum absolute atomic E-state index is 2.79. The van der Waals surface area contributed by atoms with E-state index in [0.717, 1.165) is 0 Å². The summed E-state index contributed by atoms with van der Waals surface area (Å²) in [7, 11) is 5.49. The average Bonchev–Trinajstić information content (AvgIpc) is 3.43. The molecular weight excluding hydrogens is 927 g/mol. The van der Waals surface area contributed by atoms with Gasteiger partial charge in [0.05, 0.1) is 20.6 Å². The van der Waals surface area contributed by atoms with Crippen LogP contribution in [0.4, 0.5) is 0 Å². The van der Waals surface area contributed by atoms with Crippen LogP contribution >= 0.6 is 0 Å². The third-order valence-electron chi connectivity index (χ3n) is 20.0. The standard InChI is InChI=1S/C76H156N/c1-9-13-17-21-25-29-33-37-41-44-48-52-56-60-64-68-72-76(73-69-65-61-57-53-49-45-42-38-34-30-26-22-18-14-10-2,75(5,6)71-67-63-59-55-51-47-40-36-32-28-24-20-16-12-4)77(7,8)74-70-66-62-58-54-50-46-43-39-35-31-27-23-19-15-11-3/h9-74H2,1-8H3/q+1. The van der Waals surface area contributed by atoms with Crippen LogP contribution in [0, 0.1) is 5.41 Å². The van der Waals surface area contributed by atoms with E-state index < -0.39 is 0 Å². The second-order valence-corrected chi connectivity index (χ2v) is 28.1.